The lowest BCUT2D eigenvalue weighted by molar-refractivity contribution is 0.0264. The Balaban J connectivity index is 1.43. The molecular weight excluding hydrogens is 655 g/mol. The SMILES string of the molecule is COC1CC(N(C)c2cncc(CN3C(=O)c4cccc(c4)S(=O)(=O)Nc4nc(cc(-c5c(C)cccc5C)n4)OC[C@H]3CC(C)(C)C)n2)C1. The van der Waals surface area contributed by atoms with Crippen molar-refractivity contribution in [1.82, 2.24) is 24.8 Å². The van der Waals surface area contributed by atoms with Crippen LogP contribution in [0.15, 0.2) is 65.8 Å². The molecule has 12 nitrogen and oxygen atoms in total. The molecule has 1 aliphatic carbocycles. The number of nitrogens with zero attached hydrogens (tertiary/aromatic N) is 6. The molecule has 1 N–H and O–H groups in total. The Morgan fingerprint density at radius 2 is 1.74 bits per heavy atom. The third-order valence-corrected chi connectivity index (χ3v) is 10.7. The Labute approximate surface area is 294 Å². The van der Waals surface area contributed by atoms with Crippen LogP contribution in [0, 0.1) is 19.3 Å². The van der Waals surface area contributed by atoms with E-state index in [0.717, 1.165) is 29.5 Å². The van der Waals surface area contributed by atoms with Crippen molar-refractivity contribution in [1.29, 1.82) is 0 Å². The molecule has 4 aromatic rings. The number of ether oxygens (including phenoxy) is 2. The Morgan fingerprint density at radius 1 is 1.02 bits per heavy atom. The second-order valence-electron chi connectivity index (χ2n) is 14.4. The predicted molar refractivity (Wildman–Crippen MR) is 192 cm³/mol. The molecule has 1 saturated carbocycles. The largest absolute Gasteiger partial charge is 0.475 e. The minimum Gasteiger partial charge on any atom is -0.475 e. The molecule has 1 aliphatic heterocycles. The number of carbonyl (C=O) groups excluding carboxylic acids is 1. The minimum atomic E-state index is -4.18. The van der Waals surface area contributed by atoms with E-state index in [1.54, 1.807) is 42.6 Å². The lowest BCUT2D eigenvalue weighted by Gasteiger charge is -2.40. The summed E-state index contributed by atoms with van der Waals surface area (Å²) in [5, 5.41) is 0. The molecule has 4 bridgehead atoms. The highest BCUT2D eigenvalue weighted by atomic mass is 32.2. The number of benzene rings is 2. The molecule has 1 atom stereocenters. The van der Waals surface area contributed by atoms with Crippen LogP contribution in [0.4, 0.5) is 11.8 Å². The van der Waals surface area contributed by atoms with Crippen molar-refractivity contribution < 1.29 is 22.7 Å². The molecule has 0 radical (unpaired) electrons. The van der Waals surface area contributed by atoms with Crippen LogP contribution < -0.4 is 14.4 Å². The number of anilines is 2. The highest BCUT2D eigenvalue weighted by Gasteiger charge is 2.34. The van der Waals surface area contributed by atoms with Gasteiger partial charge in [0.2, 0.25) is 11.8 Å². The predicted octanol–water partition coefficient (Wildman–Crippen LogP) is 5.80. The van der Waals surface area contributed by atoms with Gasteiger partial charge < -0.3 is 19.3 Å². The molecule has 0 unspecified atom stereocenters. The third-order valence-electron chi connectivity index (χ3n) is 9.35. The number of nitrogens with one attached hydrogen (secondary N) is 1. The van der Waals surface area contributed by atoms with E-state index in [0.29, 0.717) is 23.6 Å². The Morgan fingerprint density at radius 3 is 2.44 bits per heavy atom. The third kappa shape index (κ3) is 7.73. The van der Waals surface area contributed by atoms with Crippen LogP contribution in [0.1, 0.15) is 67.2 Å². The van der Waals surface area contributed by atoms with Crippen LogP contribution in [0.25, 0.3) is 11.3 Å². The average Bonchev–Trinajstić information content (AvgIpc) is 3.04. The summed E-state index contributed by atoms with van der Waals surface area (Å²) in [7, 11) is -0.464. The summed E-state index contributed by atoms with van der Waals surface area (Å²) in [5.74, 6) is 0.414. The number of amides is 1. The fourth-order valence-corrected chi connectivity index (χ4v) is 7.59. The summed E-state index contributed by atoms with van der Waals surface area (Å²) in [6, 6.07) is 13.5. The molecule has 3 heterocycles. The van der Waals surface area contributed by atoms with Crippen molar-refractivity contribution in [3.05, 3.63) is 83.3 Å². The van der Waals surface area contributed by atoms with Crippen molar-refractivity contribution in [2.24, 2.45) is 5.41 Å². The quantitative estimate of drug-likeness (QED) is 0.252. The number of aryl methyl sites for hydroxylation is 2. The Kier molecular flexibility index (Phi) is 9.82. The maximum Gasteiger partial charge on any atom is 0.264 e. The standard InChI is InChI=1S/C37H45N7O5S/c1-23-10-8-11-24(2)34(23)31-17-33-41-36(40-31)42-50(46,47)30-13-9-12-25(14-30)35(45)44(28(22-49-33)18-37(3,4)5)21-26-19-38-20-32(39-26)43(6)27-15-29(16-27)48-7/h8-14,17,19-20,27-29H,15-16,18,21-22H2,1-7H3,(H,40,41,42)/t27?,28-,29?/m1/s1. The summed E-state index contributed by atoms with van der Waals surface area (Å²) in [6.45, 7) is 10.5. The lowest BCUT2D eigenvalue weighted by atomic mass is 9.87. The van der Waals surface area contributed by atoms with Crippen LogP contribution in [0.3, 0.4) is 0 Å². The van der Waals surface area contributed by atoms with Gasteiger partial charge >= 0.3 is 0 Å². The summed E-state index contributed by atoms with van der Waals surface area (Å²) >= 11 is 0. The summed E-state index contributed by atoms with van der Waals surface area (Å²) < 4.78 is 41.8. The van der Waals surface area contributed by atoms with Gasteiger partial charge in [0.25, 0.3) is 15.9 Å². The van der Waals surface area contributed by atoms with Gasteiger partial charge in [-0.15, -0.1) is 0 Å². The molecule has 0 spiro atoms. The van der Waals surface area contributed by atoms with E-state index < -0.39 is 16.1 Å². The van der Waals surface area contributed by atoms with Gasteiger partial charge in [0.1, 0.15) is 12.4 Å². The summed E-state index contributed by atoms with van der Waals surface area (Å²) in [4.78, 5) is 36.8. The maximum absolute atomic E-state index is 14.5. The van der Waals surface area contributed by atoms with E-state index in [-0.39, 0.29) is 58.9 Å². The lowest BCUT2D eigenvalue weighted by Crippen LogP contribution is -2.47. The molecular formula is C37H45N7O5S. The van der Waals surface area contributed by atoms with Crippen LogP contribution in [0.5, 0.6) is 5.88 Å². The smallest absolute Gasteiger partial charge is 0.264 e. The molecule has 2 aromatic heterocycles. The fraction of sp³-hybridized carbons (Fsp3) is 0.432. The first kappa shape index (κ1) is 35.2. The summed E-state index contributed by atoms with van der Waals surface area (Å²) in [5.41, 5.74) is 3.94. The topological polar surface area (TPSA) is 140 Å². The van der Waals surface area contributed by atoms with Crippen molar-refractivity contribution in [2.45, 2.75) is 83.5 Å². The van der Waals surface area contributed by atoms with Gasteiger partial charge in [-0.05, 0) is 67.9 Å². The molecule has 13 heteroatoms. The highest BCUT2D eigenvalue weighted by Crippen LogP contribution is 2.33. The second-order valence-corrected chi connectivity index (χ2v) is 16.1. The first-order valence-corrected chi connectivity index (χ1v) is 18.3. The van der Waals surface area contributed by atoms with Gasteiger partial charge in [-0.3, -0.25) is 9.78 Å². The van der Waals surface area contributed by atoms with Crippen molar-refractivity contribution >= 4 is 27.7 Å². The first-order valence-electron chi connectivity index (χ1n) is 16.8. The van der Waals surface area contributed by atoms with E-state index in [4.69, 9.17) is 14.5 Å². The van der Waals surface area contributed by atoms with Gasteiger partial charge in [0, 0.05) is 37.4 Å². The van der Waals surface area contributed by atoms with E-state index in [9.17, 15) is 13.2 Å². The van der Waals surface area contributed by atoms with Gasteiger partial charge in [0.05, 0.1) is 47.4 Å². The Hall–Kier alpha value is -4.62. The molecule has 6 rings (SSSR count). The number of hydrogen-bond donors (Lipinski definition) is 1. The monoisotopic (exact) mass is 699 g/mol. The van der Waals surface area contributed by atoms with Crippen LogP contribution >= 0.6 is 0 Å². The van der Waals surface area contributed by atoms with Crippen molar-refractivity contribution in [3.63, 3.8) is 0 Å². The van der Waals surface area contributed by atoms with E-state index in [2.05, 4.69) is 45.3 Å². The van der Waals surface area contributed by atoms with Crippen LogP contribution in [0.2, 0.25) is 0 Å². The number of fused-ring (bicyclic) bond motifs is 4. The van der Waals surface area contributed by atoms with E-state index in [1.165, 1.54) is 12.1 Å². The fourth-order valence-electron chi connectivity index (χ4n) is 6.60. The van der Waals surface area contributed by atoms with E-state index >= 15 is 0 Å². The number of methoxy groups -OCH3 is 1. The molecule has 1 amide bonds. The molecule has 0 saturated heterocycles. The number of carbonyl (C=O) groups is 1. The number of sulfonamides is 1. The zero-order chi connectivity index (χ0) is 35.8. The molecule has 50 heavy (non-hydrogen) atoms. The number of rotatable bonds is 7. The van der Waals surface area contributed by atoms with Crippen molar-refractivity contribution in [3.8, 4) is 17.1 Å². The molecule has 2 aromatic carbocycles. The van der Waals surface area contributed by atoms with Crippen LogP contribution in [-0.4, -0.2) is 78.1 Å². The van der Waals surface area contributed by atoms with Gasteiger partial charge in [-0.2, -0.15) is 4.98 Å². The zero-order valence-electron chi connectivity index (χ0n) is 29.7. The normalized spacial score (nSPS) is 20.3. The minimum absolute atomic E-state index is 0.0864. The molecule has 1 fully saturated rings. The van der Waals surface area contributed by atoms with Gasteiger partial charge in [-0.1, -0.05) is 45.0 Å². The first-order chi connectivity index (χ1) is 23.7. The van der Waals surface area contributed by atoms with Crippen LogP contribution in [-0.2, 0) is 21.3 Å². The maximum atomic E-state index is 14.5. The van der Waals surface area contributed by atoms with Gasteiger partial charge in [-0.25, -0.2) is 23.1 Å². The van der Waals surface area contributed by atoms with Crippen molar-refractivity contribution in [2.75, 3.05) is 30.4 Å². The average molecular weight is 700 g/mol. The van der Waals surface area contributed by atoms with E-state index in [1.807, 2.05) is 39.1 Å². The molecule has 2 aliphatic rings. The Bertz CT molecular complexity index is 1970. The number of hydrogen-bond acceptors (Lipinski definition) is 10. The zero-order valence-corrected chi connectivity index (χ0v) is 30.5. The summed E-state index contributed by atoms with van der Waals surface area (Å²) in [6.07, 6.45) is 6.00. The number of aromatic nitrogens is 4. The highest BCUT2D eigenvalue weighted by molar-refractivity contribution is 7.92. The molecule has 264 valence electrons. The second kappa shape index (κ2) is 13.9. The van der Waals surface area contributed by atoms with Gasteiger partial charge in [0.15, 0.2) is 0 Å².